The van der Waals surface area contributed by atoms with Crippen molar-refractivity contribution in [1.29, 1.82) is 0 Å². The molecule has 0 aliphatic carbocycles. The van der Waals surface area contributed by atoms with Gasteiger partial charge in [-0.2, -0.15) is 0 Å². The Morgan fingerprint density at radius 1 is 1.89 bits per heavy atom. The fraction of sp³-hybridized carbons (Fsp3) is 0.200. The Labute approximate surface area is 51.1 Å². The lowest BCUT2D eigenvalue weighted by Gasteiger charge is -1.83. The molecule has 1 rings (SSSR count). The minimum atomic E-state index is -0.910. The van der Waals surface area contributed by atoms with Crippen molar-refractivity contribution in [2.75, 3.05) is 0 Å². The van der Waals surface area contributed by atoms with Crippen LogP contribution in [-0.4, -0.2) is 16.1 Å². The number of carbonyl (C=O) groups is 1. The van der Waals surface area contributed by atoms with Gasteiger partial charge in [-0.25, -0.2) is 4.98 Å². The van der Waals surface area contributed by atoms with E-state index in [9.17, 15) is 4.79 Å². The summed E-state index contributed by atoms with van der Waals surface area (Å²) in [6.45, 7) is 0. The maximum Gasteiger partial charge on any atom is 0.311 e. The van der Waals surface area contributed by atoms with Crippen molar-refractivity contribution < 1.29 is 14.3 Å². The van der Waals surface area contributed by atoms with Gasteiger partial charge >= 0.3 is 5.97 Å². The Morgan fingerprint density at radius 3 is 3.11 bits per heavy atom. The highest BCUT2D eigenvalue weighted by atomic mass is 16.4. The lowest BCUT2D eigenvalue weighted by atomic mass is 10.4. The number of nitrogens with zero attached hydrogens (tertiary/aromatic N) is 1. The van der Waals surface area contributed by atoms with E-state index < -0.39 is 5.97 Å². The number of aliphatic carboxylic acids is 1. The van der Waals surface area contributed by atoms with Crippen LogP contribution >= 0.6 is 0 Å². The van der Waals surface area contributed by atoms with Crippen LogP contribution in [0.1, 0.15) is 5.76 Å². The third-order valence-electron chi connectivity index (χ3n) is 0.809. The van der Waals surface area contributed by atoms with Gasteiger partial charge in [0.2, 0.25) is 0 Å². The second kappa shape index (κ2) is 2.30. The molecule has 0 spiro atoms. The average molecular weight is 127 g/mol. The van der Waals surface area contributed by atoms with E-state index >= 15 is 0 Å². The number of hydrogen-bond acceptors (Lipinski definition) is 3. The quantitative estimate of drug-likeness (QED) is 0.620. The molecule has 1 aromatic heterocycles. The third-order valence-corrected chi connectivity index (χ3v) is 0.809. The first-order valence-electron chi connectivity index (χ1n) is 2.38. The van der Waals surface area contributed by atoms with Crippen LogP contribution in [0.25, 0.3) is 0 Å². The second-order valence-electron chi connectivity index (χ2n) is 1.54. The van der Waals surface area contributed by atoms with Crippen LogP contribution in [0.3, 0.4) is 0 Å². The van der Waals surface area contributed by atoms with Crippen molar-refractivity contribution in [2.24, 2.45) is 0 Å². The van der Waals surface area contributed by atoms with Gasteiger partial charge in [-0.05, 0) is 0 Å². The molecule has 4 nitrogen and oxygen atoms in total. The topological polar surface area (TPSA) is 63.3 Å². The summed E-state index contributed by atoms with van der Waals surface area (Å²) in [6, 6.07) is 0. The van der Waals surface area contributed by atoms with Gasteiger partial charge in [-0.3, -0.25) is 4.79 Å². The van der Waals surface area contributed by atoms with E-state index in [0.29, 0.717) is 5.76 Å². The summed E-state index contributed by atoms with van der Waals surface area (Å²) in [5.41, 5.74) is 0. The van der Waals surface area contributed by atoms with Crippen molar-refractivity contribution in [3.05, 3.63) is 18.4 Å². The first-order chi connectivity index (χ1) is 4.29. The molecule has 0 aliphatic heterocycles. The van der Waals surface area contributed by atoms with Gasteiger partial charge in [0.15, 0.2) is 6.39 Å². The molecule has 48 valence electrons. The number of oxazole rings is 1. The summed E-state index contributed by atoms with van der Waals surface area (Å²) in [7, 11) is 0. The molecule has 0 saturated heterocycles. The maximum absolute atomic E-state index is 9.98. The Hall–Kier alpha value is -1.32. The maximum atomic E-state index is 9.98. The van der Waals surface area contributed by atoms with Crippen LogP contribution in [0, 0.1) is 0 Å². The van der Waals surface area contributed by atoms with E-state index in [1.807, 2.05) is 0 Å². The Balaban J connectivity index is 2.58. The van der Waals surface area contributed by atoms with Crippen molar-refractivity contribution in [3.63, 3.8) is 0 Å². The number of aromatic nitrogens is 1. The van der Waals surface area contributed by atoms with Gasteiger partial charge in [0.1, 0.15) is 12.2 Å². The van der Waals surface area contributed by atoms with Crippen LogP contribution < -0.4 is 0 Å². The number of rotatable bonds is 2. The monoisotopic (exact) mass is 127 g/mol. The molecule has 0 radical (unpaired) electrons. The molecule has 0 unspecified atom stereocenters. The van der Waals surface area contributed by atoms with Crippen LogP contribution in [0.15, 0.2) is 17.0 Å². The van der Waals surface area contributed by atoms with Gasteiger partial charge in [0, 0.05) is 0 Å². The minimum absolute atomic E-state index is 0.0972. The molecule has 4 heteroatoms. The second-order valence-corrected chi connectivity index (χ2v) is 1.54. The summed E-state index contributed by atoms with van der Waals surface area (Å²) in [6.07, 6.45) is 2.49. The largest absolute Gasteiger partial charge is 0.481 e. The van der Waals surface area contributed by atoms with Gasteiger partial charge in [0.05, 0.1) is 6.20 Å². The lowest BCUT2D eigenvalue weighted by molar-refractivity contribution is -0.136. The minimum Gasteiger partial charge on any atom is -0.481 e. The first-order valence-corrected chi connectivity index (χ1v) is 2.38. The first kappa shape index (κ1) is 5.81. The van der Waals surface area contributed by atoms with Gasteiger partial charge < -0.3 is 9.52 Å². The standard InChI is InChI=1S/C5H5NO3/c7-5(8)1-4-2-6-3-9-4/h2-3H,1H2,(H,7,8). The molecule has 0 aromatic carbocycles. The molecule has 0 atom stereocenters. The molecule has 0 saturated carbocycles. The molecule has 1 aromatic rings. The molecule has 0 amide bonds. The van der Waals surface area contributed by atoms with Gasteiger partial charge in [-0.1, -0.05) is 0 Å². The summed E-state index contributed by atoms with van der Waals surface area (Å²) in [5, 5.41) is 8.20. The summed E-state index contributed by atoms with van der Waals surface area (Å²) in [5.74, 6) is -0.533. The SMILES string of the molecule is O=C(O)Cc1cnco1. The zero-order chi connectivity index (χ0) is 6.69. The number of hydrogen-bond donors (Lipinski definition) is 1. The normalized spacial score (nSPS) is 9.33. The predicted octanol–water partition coefficient (Wildman–Crippen LogP) is 0.302. The van der Waals surface area contributed by atoms with Crippen LogP contribution in [0.5, 0.6) is 0 Å². The molecule has 0 bridgehead atoms. The third kappa shape index (κ3) is 1.56. The van der Waals surface area contributed by atoms with E-state index in [1.165, 1.54) is 12.6 Å². The summed E-state index contributed by atoms with van der Waals surface area (Å²) in [4.78, 5) is 13.5. The molecule has 1 heterocycles. The highest BCUT2D eigenvalue weighted by Gasteiger charge is 2.01. The zero-order valence-corrected chi connectivity index (χ0v) is 4.57. The van der Waals surface area contributed by atoms with Crippen LogP contribution in [-0.2, 0) is 11.2 Å². The smallest absolute Gasteiger partial charge is 0.311 e. The van der Waals surface area contributed by atoms with E-state index in [1.54, 1.807) is 0 Å². The van der Waals surface area contributed by atoms with E-state index in [2.05, 4.69) is 9.40 Å². The molecule has 0 fully saturated rings. The number of carboxylic acid groups (broad SMARTS) is 1. The van der Waals surface area contributed by atoms with Crippen LogP contribution in [0.4, 0.5) is 0 Å². The lowest BCUT2D eigenvalue weighted by Crippen LogP contribution is -1.97. The van der Waals surface area contributed by atoms with Crippen molar-refractivity contribution in [1.82, 2.24) is 4.98 Å². The molecule has 9 heavy (non-hydrogen) atoms. The highest BCUT2D eigenvalue weighted by molar-refractivity contribution is 5.69. The molecular formula is C5H5NO3. The van der Waals surface area contributed by atoms with E-state index in [4.69, 9.17) is 5.11 Å². The molecule has 1 N–H and O–H groups in total. The average Bonchev–Trinajstić information content (AvgIpc) is 2.15. The highest BCUT2D eigenvalue weighted by Crippen LogP contribution is 1.96. The fourth-order valence-electron chi connectivity index (χ4n) is 0.478. The van der Waals surface area contributed by atoms with E-state index in [-0.39, 0.29) is 6.42 Å². The Morgan fingerprint density at radius 2 is 2.67 bits per heavy atom. The summed E-state index contributed by atoms with van der Waals surface area (Å²) < 4.78 is 4.65. The molecular weight excluding hydrogens is 122 g/mol. The van der Waals surface area contributed by atoms with Crippen molar-refractivity contribution >= 4 is 5.97 Å². The Bertz CT molecular complexity index is 192. The van der Waals surface area contributed by atoms with Crippen molar-refractivity contribution in [3.8, 4) is 0 Å². The van der Waals surface area contributed by atoms with Gasteiger partial charge in [-0.15, -0.1) is 0 Å². The van der Waals surface area contributed by atoms with Gasteiger partial charge in [0.25, 0.3) is 0 Å². The Kier molecular flexibility index (Phi) is 1.48. The predicted molar refractivity (Wildman–Crippen MR) is 27.8 cm³/mol. The summed E-state index contributed by atoms with van der Waals surface area (Å²) >= 11 is 0. The van der Waals surface area contributed by atoms with Crippen molar-refractivity contribution in [2.45, 2.75) is 6.42 Å². The molecule has 0 aliphatic rings. The zero-order valence-electron chi connectivity index (χ0n) is 4.57. The van der Waals surface area contributed by atoms with Crippen LogP contribution in [0.2, 0.25) is 0 Å². The number of carboxylic acids is 1. The fourth-order valence-corrected chi connectivity index (χ4v) is 0.478. The van der Waals surface area contributed by atoms with E-state index in [0.717, 1.165) is 0 Å².